The van der Waals surface area contributed by atoms with E-state index in [0.717, 1.165) is 24.6 Å². The molecule has 2 unspecified atom stereocenters. The summed E-state index contributed by atoms with van der Waals surface area (Å²) >= 11 is 0. The predicted octanol–water partition coefficient (Wildman–Crippen LogP) is 1.79. The summed E-state index contributed by atoms with van der Waals surface area (Å²) in [5.41, 5.74) is -0.122. The summed E-state index contributed by atoms with van der Waals surface area (Å²) in [7, 11) is -4.05. The third kappa shape index (κ3) is 5.16. The average Bonchev–Trinajstić information content (AvgIpc) is 2.71. The lowest BCUT2D eigenvalue weighted by Gasteiger charge is -2.35. The molecule has 0 saturated carbocycles. The fourth-order valence-electron chi connectivity index (χ4n) is 3.76. The van der Waals surface area contributed by atoms with E-state index in [1.54, 1.807) is 4.90 Å². The summed E-state index contributed by atoms with van der Waals surface area (Å²) in [4.78, 5) is 25.7. The number of ether oxygens (including phenoxy) is 2. The zero-order valence-electron chi connectivity index (χ0n) is 17.2. The number of benzene rings is 1. The highest BCUT2D eigenvalue weighted by molar-refractivity contribution is 7.89. The van der Waals surface area contributed by atoms with Crippen molar-refractivity contribution >= 4 is 21.9 Å². The van der Waals surface area contributed by atoms with Gasteiger partial charge in [-0.3, -0.25) is 4.79 Å². The second-order valence-electron chi connectivity index (χ2n) is 7.74. The van der Waals surface area contributed by atoms with E-state index in [9.17, 15) is 22.4 Å². The molecule has 2 heterocycles. The summed E-state index contributed by atoms with van der Waals surface area (Å²) in [6, 6.07) is 3.06. The summed E-state index contributed by atoms with van der Waals surface area (Å²) in [6.45, 7) is 4.66. The van der Waals surface area contributed by atoms with Crippen molar-refractivity contribution in [2.45, 2.75) is 50.2 Å². The smallest absolute Gasteiger partial charge is 0.338 e. The highest BCUT2D eigenvalue weighted by atomic mass is 32.2. The Balaban J connectivity index is 1.68. The first kappa shape index (κ1) is 22.6. The minimum atomic E-state index is -4.05. The fraction of sp³-hybridized carbons (Fsp3) is 0.600. The Morgan fingerprint density at radius 1 is 1.13 bits per heavy atom. The molecule has 2 fully saturated rings. The van der Waals surface area contributed by atoms with Crippen molar-refractivity contribution in [2.75, 3.05) is 32.8 Å². The van der Waals surface area contributed by atoms with Crippen LogP contribution in [0.4, 0.5) is 4.39 Å². The first-order valence-corrected chi connectivity index (χ1v) is 11.5. The lowest BCUT2D eigenvalue weighted by Crippen LogP contribution is -2.49. The molecule has 30 heavy (non-hydrogen) atoms. The monoisotopic (exact) mass is 442 g/mol. The Morgan fingerprint density at radius 3 is 2.40 bits per heavy atom. The second kappa shape index (κ2) is 9.40. The maximum atomic E-state index is 14.3. The molecule has 2 aliphatic rings. The van der Waals surface area contributed by atoms with Gasteiger partial charge in [0, 0.05) is 26.2 Å². The Bertz CT molecular complexity index is 891. The first-order chi connectivity index (χ1) is 14.2. The Kier molecular flexibility index (Phi) is 7.10. The van der Waals surface area contributed by atoms with Gasteiger partial charge in [-0.1, -0.05) is 6.42 Å². The molecule has 166 valence electrons. The van der Waals surface area contributed by atoms with E-state index in [1.807, 2.05) is 13.8 Å². The molecular formula is C20H27FN2O6S. The molecule has 1 amide bonds. The summed E-state index contributed by atoms with van der Waals surface area (Å²) in [5.74, 6) is -2.18. The van der Waals surface area contributed by atoms with E-state index >= 15 is 0 Å². The topological polar surface area (TPSA) is 93.2 Å². The number of hydrogen-bond acceptors (Lipinski definition) is 6. The van der Waals surface area contributed by atoms with Crippen LogP contribution in [0.25, 0.3) is 0 Å². The van der Waals surface area contributed by atoms with E-state index in [1.165, 1.54) is 4.31 Å². The number of halogens is 1. The average molecular weight is 443 g/mol. The number of morpholine rings is 1. The molecule has 0 aromatic heterocycles. The van der Waals surface area contributed by atoms with Gasteiger partial charge in [0.1, 0.15) is 10.7 Å². The van der Waals surface area contributed by atoms with Crippen LogP contribution in [0.3, 0.4) is 0 Å². The Morgan fingerprint density at radius 2 is 1.77 bits per heavy atom. The largest absolute Gasteiger partial charge is 0.452 e. The second-order valence-corrected chi connectivity index (χ2v) is 9.65. The number of nitrogens with zero attached hydrogens (tertiary/aromatic N) is 2. The van der Waals surface area contributed by atoms with Crippen molar-refractivity contribution in [3.8, 4) is 0 Å². The van der Waals surface area contributed by atoms with Crippen molar-refractivity contribution in [2.24, 2.45) is 0 Å². The van der Waals surface area contributed by atoms with Gasteiger partial charge < -0.3 is 14.4 Å². The van der Waals surface area contributed by atoms with Gasteiger partial charge in [0.05, 0.1) is 17.8 Å². The number of hydrogen-bond donors (Lipinski definition) is 0. The van der Waals surface area contributed by atoms with Gasteiger partial charge >= 0.3 is 5.97 Å². The lowest BCUT2D eigenvalue weighted by molar-refractivity contribution is -0.146. The van der Waals surface area contributed by atoms with E-state index < -0.39 is 33.3 Å². The summed E-state index contributed by atoms with van der Waals surface area (Å²) < 4.78 is 51.7. The third-order valence-corrected chi connectivity index (χ3v) is 7.11. The van der Waals surface area contributed by atoms with E-state index in [-0.39, 0.29) is 23.7 Å². The molecule has 1 aromatic rings. The highest BCUT2D eigenvalue weighted by Crippen LogP contribution is 2.24. The molecule has 0 spiro atoms. The fourth-order valence-corrected chi connectivity index (χ4v) is 5.36. The van der Waals surface area contributed by atoms with E-state index in [2.05, 4.69) is 0 Å². The molecule has 2 aliphatic heterocycles. The highest BCUT2D eigenvalue weighted by Gasteiger charge is 2.30. The molecule has 0 bridgehead atoms. The number of piperidine rings is 1. The molecule has 10 heteroatoms. The minimum Gasteiger partial charge on any atom is -0.452 e. The molecule has 1 aromatic carbocycles. The van der Waals surface area contributed by atoms with Crippen LogP contribution in [-0.4, -0.2) is 74.5 Å². The van der Waals surface area contributed by atoms with Crippen LogP contribution in [0.1, 0.15) is 43.5 Å². The normalized spacial score (nSPS) is 23.2. The van der Waals surface area contributed by atoms with Gasteiger partial charge in [-0.25, -0.2) is 17.6 Å². The van der Waals surface area contributed by atoms with Gasteiger partial charge in [-0.2, -0.15) is 4.31 Å². The van der Waals surface area contributed by atoms with Crippen molar-refractivity contribution in [1.82, 2.24) is 9.21 Å². The molecule has 2 saturated heterocycles. The molecule has 3 rings (SSSR count). The quantitative estimate of drug-likeness (QED) is 0.646. The molecule has 0 N–H and O–H groups in total. The molecule has 0 aliphatic carbocycles. The van der Waals surface area contributed by atoms with Gasteiger partial charge in [-0.05, 0) is 44.9 Å². The number of carbonyl (C=O) groups excluding carboxylic acids is 2. The van der Waals surface area contributed by atoms with Crippen molar-refractivity contribution in [3.05, 3.63) is 29.6 Å². The predicted molar refractivity (Wildman–Crippen MR) is 106 cm³/mol. The first-order valence-electron chi connectivity index (χ1n) is 10.1. The van der Waals surface area contributed by atoms with Crippen molar-refractivity contribution < 1.29 is 31.9 Å². The van der Waals surface area contributed by atoms with Crippen LogP contribution in [0.15, 0.2) is 23.1 Å². The van der Waals surface area contributed by atoms with E-state index in [0.29, 0.717) is 39.0 Å². The minimum absolute atomic E-state index is 0.118. The zero-order chi connectivity index (χ0) is 21.9. The Hall–Kier alpha value is -2.04. The maximum Gasteiger partial charge on any atom is 0.338 e. The standard InChI is InChI=1S/C20H27FN2O6S/c1-14-11-22(12-15(2)29-14)19(24)13-28-20(25)16-6-7-17(21)18(10-16)30(26,27)23-8-4-3-5-9-23/h6-7,10,14-15H,3-5,8-9,11-13H2,1-2H3. The summed E-state index contributed by atoms with van der Waals surface area (Å²) in [5, 5.41) is 0. The van der Waals surface area contributed by atoms with Crippen LogP contribution in [-0.2, 0) is 24.3 Å². The van der Waals surface area contributed by atoms with Crippen LogP contribution < -0.4 is 0 Å². The molecular weight excluding hydrogens is 415 g/mol. The Labute approximate surface area is 176 Å². The number of esters is 1. The van der Waals surface area contributed by atoms with Crippen LogP contribution in [0, 0.1) is 5.82 Å². The van der Waals surface area contributed by atoms with Crippen LogP contribution in [0.5, 0.6) is 0 Å². The van der Waals surface area contributed by atoms with E-state index in [4.69, 9.17) is 9.47 Å². The van der Waals surface area contributed by atoms with Gasteiger partial charge in [0.25, 0.3) is 5.91 Å². The summed E-state index contributed by atoms with van der Waals surface area (Å²) in [6.07, 6.45) is 2.11. The van der Waals surface area contributed by atoms with Crippen molar-refractivity contribution in [3.63, 3.8) is 0 Å². The number of carbonyl (C=O) groups is 2. The number of rotatable bonds is 5. The van der Waals surface area contributed by atoms with Crippen LogP contribution >= 0.6 is 0 Å². The number of amides is 1. The molecule has 8 nitrogen and oxygen atoms in total. The SMILES string of the molecule is CC1CN(C(=O)COC(=O)c2ccc(F)c(S(=O)(=O)N3CCCCC3)c2)CC(C)O1. The lowest BCUT2D eigenvalue weighted by atomic mass is 10.2. The van der Waals surface area contributed by atoms with Gasteiger partial charge in [0.15, 0.2) is 6.61 Å². The number of sulfonamides is 1. The van der Waals surface area contributed by atoms with Gasteiger partial charge in [-0.15, -0.1) is 0 Å². The third-order valence-electron chi connectivity index (χ3n) is 5.20. The molecule has 0 radical (unpaired) electrons. The maximum absolute atomic E-state index is 14.3. The van der Waals surface area contributed by atoms with Crippen LogP contribution in [0.2, 0.25) is 0 Å². The van der Waals surface area contributed by atoms with Crippen molar-refractivity contribution in [1.29, 1.82) is 0 Å². The van der Waals surface area contributed by atoms with Gasteiger partial charge in [0.2, 0.25) is 10.0 Å². The zero-order valence-corrected chi connectivity index (χ0v) is 18.0. The molecule has 2 atom stereocenters.